The molecule has 0 unspecified atom stereocenters. The Hall–Kier alpha value is -2.85. The highest BCUT2D eigenvalue weighted by atomic mass is 19.4. The van der Waals surface area contributed by atoms with Crippen LogP contribution in [0.3, 0.4) is 0 Å². The Morgan fingerprint density at radius 3 is 1.91 bits per heavy atom. The smallest absolute Gasteiger partial charge is 0.416 e. The van der Waals surface area contributed by atoms with Crippen LogP contribution >= 0.6 is 0 Å². The average molecular weight is 501 g/mol. The van der Waals surface area contributed by atoms with Gasteiger partial charge in [-0.3, -0.25) is 4.79 Å². The van der Waals surface area contributed by atoms with E-state index in [9.17, 15) is 36.2 Å². The molecule has 3 rings (SSSR count). The second-order valence-electron chi connectivity index (χ2n) is 8.32. The van der Waals surface area contributed by atoms with Crippen molar-refractivity contribution in [2.24, 2.45) is 5.92 Å². The monoisotopic (exact) mass is 501 g/mol. The van der Waals surface area contributed by atoms with Crippen LogP contribution in [0.4, 0.5) is 26.3 Å². The molecule has 10 heteroatoms. The number of benzene rings is 2. The molecule has 0 radical (unpaired) electrons. The van der Waals surface area contributed by atoms with E-state index in [0.717, 1.165) is 37.2 Å². The predicted octanol–water partition coefficient (Wildman–Crippen LogP) is 5.97. The number of halogens is 6. The van der Waals surface area contributed by atoms with Crippen molar-refractivity contribution in [3.63, 3.8) is 0 Å². The van der Waals surface area contributed by atoms with Gasteiger partial charge in [0.25, 0.3) is 0 Å². The predicted molar refractivity (Wildman–Crippen MR) is 118 cm³/mol. The molecule has 190 valence electrons. The van der Waals surface area contributed by atoms with E-state index in [0.29, 0.717) is 42.8 Å². The summed E-state index contributed by atoms with van der Waals surface area (Å²) in [4.78, 5) is 13.2. The second kappa shape index (κ2) is 11.3. The van der Waals surface area contributed by atoms with E-state index in [1.165, 1.54) is 24.3 Å². The number of carboxylic acid groups (broad SMARTS) is 1. The molecule has 0 aromatic heterocycles. The number of piperidine rings is 1. The molecule has 1 aliphatic heterocycles. The minimum atomic E-state index is -4.51. The number of hydrogen-bond acceptors (Lipinski definition) is 3. The zero-order valence-corrected chi connectivity index (χ0v) is 18.7. The molecular weight excluding hydrogens is 476 g/mol. The Balaban J connectivity index is 1.71. The maximum Gasteiger partial charge on any atom is 0.416 e. The fourth-order valence-electron chi connectivity index (χ4n) is 3.96. The molecule has 1 saturated heterocycles. The average Bonchev–Trinajstić information content (AvgIpc) is 2.81. The topological polar surface area (TPSA) is 49.8 Å². The molecule has 1 heterocycles. The van der Waals surface area contributed by atoms with Gasteiger partial charge >= 0.3 is 18.3 Å². The summed E-state index contributed by atoms with van der Waals surface area (Å²) in [5, 5.41) is 9.18. The van der Waals surface area contributed by atoms with Gasteiger partial charge in [0.05, 0.1) is 30.3 Å². The summed E-state index contributed by atoms with van der Waals surface area (Å²) in [6.45, 7) is 2.11. The van der Waals surface area contributed by atoms with Gasteiger partial charge in [-0.15, -0.1) is 0 Å². The largest absolute Gasteiger partial charge is 0.481 e. The van der Waals surface area contributed by atoms with Crippen molar-refractivity contribution >= 4 is 11.5 Å². The molecule has 35 heavy (non-hydrogen) atoms. The Kier molecular flexibility index (Phi) is 8.60. The number of nitrogens with zero attached hydrogens (tertiary/aromatic N) is 1. The van der Waals surface area contributed by atoms with Crippen LogP contribution in [-0.4, -0.2) is 48.8 Å². The fourth-order valence-corrected chi connectivity index (χ4v) is 3.96. The Morgan fingerprint density at radius 2 is 1.46 bits per heavy atom. The number of carboxylic acids is 1. The van der Waals surface area contributed by atoms with E-state index in [-0.39, 0.29) is 6.61 Å². The Labute approximate surface area is 198 Å². The highest BCUT2D eigenvalue weighted by Gasteiger charge is 2.31. The van der Waals surface area contributed by atoms with Gasteiger partial charge < -0.3 is 14.7 Å². The lowest BCUT2D eigenvalue weighted by Crippen LogP contribution is -2.40. The van der Waals surface area contributed by atoms with Crippen molar-refractivity contribution in [2.75, 3.05) is 32.8 Å². The number of likely N-dealkylation sites (tertiary alicyclic amines) is 1. The number of carbonyl (C=O) groups is 1. The van der Waals surface area contributed by atoms with Crippen LogP contribution in [0.5, 0.6) is 0 Å². The number of hydrogen-bond donors (Lipinski definition) is 1. The number of alkyl halides is 6. The van der Waals surface area contributed by atoms with Gasteiger partial charge in [-0.1, -0.05) is 30.3 Å². The minimum absolute atomic E-state index is 0.0770. The van der Waals surface area contributed by atoms with Gasteiger partial charge in [0, 0.05) is 13.1 Å². The molecule has 0 saturated carbocycles. The van der Waals surface area contributed by atoms with Crippen molar-refractivity contribution in [2.45, 2.75) is 25.2 Å². The lowest BCUT2D eigenvalue weighted by Gasteiger charge is -2.30. The summed E-state index contributed by atoms with van der Waals surface area (Å²) >= 11 is 0. The molecule has 2 aromatic carbocycles. The summed E-state index contributed by atoms with van der Waals surface area (Å²) in [6.07, 6.45) is -5.98. The lowest BCUT2D eigenvalue weighted by atomic mass is 9.95. The van der Waals surface area contributed by atoms with Gasteiger partial charge in [-0.25, -0.2) is 0 Å². The maximum atomic E-state index is 12.9. The first kappa shape index (κ1) is 26.7. The van der Waals surface area contributed by atoms with Crippen LogP contribution in [0, 0.1) is 5.92 Å². The van der Waals surface area contributed by atoms with Crippen LogP contribution in [0.2, 0.25) is 0 Å². The van der Waals surface area contributed by atoms with E-state index in [4.69, 9.17) is 4.74 Å². The summed E-state index contributed by atoms with van der Waals surface area (Å²) < 4.78 is 83.2. The highest BCUT2D eigenvalue weighted by molar-refractivity contribution is 5.80. The van der Waals surface area contributed by atoms with Crippen molar-refractivity contribution in [1.82, 2.24) is 4.90 Å². The molecule has 0 bridgehead atoms. The second-order valence-corrected chi connectivity index (χ2v) is 8.32. The van der Waals surface area contributed by atoms with E-state index < -0.39 is 35.4 Å². The maximum absolute atomic E-state index is 12.9. The molecule has 0 aliphatic carbocycles. The lowest BCUT2D eigenvalue weighted by molar-refractivity contribution is -0.143. The number of ether oxygens (including phenoxy) is 1. The third-order valence-corrected chi connectivity index (χ3v) is 5.86. The van der Waals surface area contributed by atoms with Gasteiger partial charge in [-0.2, -0.15) is 26.3 Å². The third kappa shape index (κ3) is 7.57. The molecule has 2 aromatic rings. The van der Waals surface area contributed by atoms with Crippen LogP contribution < -0.4 is 0 Å². The summed E-state index contributed by atoms with van der Waals surface area (Å²) in [7, 11) is 0. The number of rotatable bonds is 8. The van der Waals surface area contributed by atoms with Crippen molar-refractivity contribution < 1.29 is 41.0 Å². The molecule has 1 aliphatic rings. The van der Waals surface area contributed by atoms with Crippen LogP contribution in [-0.2, 0) is 21.9 Å². The Morgan fingerprint density at radius 1 is 0.943 bits per heavy atom. The molecule has 0 spiro atoms. The highest BCUT2D eigenvalue weighted by Crippen LogP contribution is 2.33. The summed E-state index contributed by atoms with van der Waals surface area (Å²) in [6, 6.07) is 8.76. The van der Waals surface area contributed by atoms with Crippen LogP contribution in [0.25, 0.3) is 5.57 Å². The normalized spacial score (nSPS) is 17.3. The SMILES string of the molecule is O=C(O)[C@@H]1CCCN(CCOCC=C(c2ccc(C(F)(F)F)cc2)c2ccc(C(F)(F)F)cc2)C1. The molecule has 4 nitrogen and oxygen atoms in total. The molecule has 0 amide bonds. The molecule has 1 fully saturated rings. The fraction of sp³-hybridized carbons (Fsp3) is 0.400. The van der Waals surface area contributed by atoms with Gasteiger partial charge in [-0.05, 0) is 60.4 Å². The summed E-state index contributed by atoms with van der Waals surface area (Å²) in [5.41, 5.74) is -0.407. The van der Waals surface area contributed by atoms with Gasteiger partial charge in [0.2, 0.25) is 0 Å². The van der Waals surface area contributed by atoms with E-state index in [1.54, 1.807) is 6.08 Å². The van der Waals surface area contributed by atoms with Crippen molar-refractivity contribution in [3.8, 4) is 0 Å². The summed E-state index contributed by atoms with van der Waals surface area (Å²) in [5.74, 6) is -1.23. The first-order valence-corrected chi connectivity index (χ1v) is 11.0. The number of aliphatic carboxylic acids is 1. The van der Waals surface area contributed by atoms with E-state index in [1.807, 2.05) is 4.90 Å². The first-order valence-electron chi connectivity index (χ1n) is 11.0. The standard InChI is InChI=1S/C25H25F6NO3/c26-24(27,28)20-7-3-17(4-8-20)22(18-5-9-21(10-6-18)25(29,30)31)11-14-35-15-13-32-12-1-2-19(16-32)23(33)34/h3-11,19H,1-2,12-16H2,(H,33,34)/t19-/m1/s1. The van der Waals surface area contributed by atoms with Gasteiger partial charge in [0.15, 0.2) is 0 Å². The zero-order chi connectivity index (χ0) is 25.6. The quantitative estimate of drug-likeness (QED) is 0.358. The van der Waals surface area contributed by atoms with Crippen molar-refractivity contribution in [1.29, 1.82) is 0 Å². The first-order chi connectivity index (χ1) is 16.4. The van der Waals surface area contributed by atoms with Crippen LogP contribution in [0.15, 0.2) is 54.6 Å². The zero-order valence-electron chi connectivity index (χ0n) is 18.7. The molecule has 1 N–H and O–H groups in total. The molecular formula is C25H25F6NO3. The Bertz CT molecular complexity index is 954. The third-order valence-electron chi connectivity index (χ3n) is 5.86. The van der Waals surface area contributed by atoms with Crippen molar-refractivity contribution in [3.05, 3.63) is 76.9 Å². The van der Waals surface area contributed by atoms with Gasteiger partial charge in [0.1, 0.15) is 0 Å². The van der Waals surface area contributed by atoms with E-state index in [2.05, 4.69) is 0 Å². The van der Waals surface area contributed by atoms with E-state index >= 15 is 0 Å². The van der Waals surface area contributed by atoms with Crippen LogP contribution in [0.1, 0.15) is 35.1 Å². The minimum Gasteiger partial charge on any atom is -0.481 e. The molecule has 1 atom stereocenters.